The van der Waals surface area contributed by atoms with Crippen molar-refractivity contribution < 1.29 is 4.39 Å². The molecule has 1 rings (SSSR count). The summed E-state index contributed by atoms with van der Waals surface area (Å²) in [6.07, 6.45) is 1.64. The second-order valence-corrected chi connectivity index (χ2v) is 3.89. The number of hydrogen-bond donors (Lipinski definition) is 2. The van der Waals surface area contributed by atoms with Gasteiger partial charge in [0, 0.05) is 12.6 Å². The van der Waals surface area contributed by atoms with Crippen molar-refractivity contribution in [3.8, 4) is 0 Å². The minimum Gasteiger partial charge on any atom is -0.314 e. The summed E-state index contributed by atoms with van der Waals surface area (Å²) in [7, 11) is 0. The van der Waals surface area contributed by atoms with Crippen LogP contribution in [-0.4, -0.2) is 22.1 Å². The Morgan fingerprint density at radius 2 is 2.19 bits per heavy atom. The molecule has 1 heterocycles. The molecular formula is C10H16FN3O2. The number of halogens is 1. The van der Waals surface area contributed by atoms with Crippen LogP contribution in [-0.2, 0) is 6.54 Å². The molecule has 0 atom stereocenters. The van der Waals surface area contributed by atoms with Gasteiger partial charge in [0.2, 0.25) is 5.82 Å². The number of aryl methyl sites for hydroxylation is 1. The van der Waals surface area contributed by atoms with Gasteiger partial charge in [-0.2, -0.15) is 4.39 Å². The third-order valence-electron chi connectivity index (χ3n) is 2.10. The van der Waals surface area contributed by atoms with E-state index in [1.54, 1.807) is 0 Å². The molecule has 0 aliphatic heterocycles. The second-order valence-electron chi connectivity index (χ2n) is 3.89. The summed E-state index contributed by atoms with van der Waals surface area (Å²) in [6.45, 7) is 5.16. The zero-order valence-electron chi connectivity index (χ0n) is 9.42. The number of nitrogens with one attached hydrogen (secondary N) is 2. The van der Waals surface area contributed by atoms with Gasteiger partial charge < -0.3 is 5.32 Å². The molecule has 1 aromatic heterocycles. The number of hydrogen-bond acceptors (Lipinski definition) is 3. The van der Waals surface area contributed by atoms with Gasteiger partial charge in [-0.1, -0.05) is 13.8 Å². The van der Waals surface area contributed by atoms with Gasteiger partial charge in [-0.05, 0) is 13.0 Å². The molecule has 5 nitrogen and oxygen atoms in total. The van der Waals surface area contributed by atoms with Crippen molar-refractivity contribution in [1.29, 1.82) is 0 Å². The fourth-order valence-corrected chi connectivity index (χ4v) is 1.29. The molecule has 90 valence electrons. The number of aromatic amines is 1. The van der Waals surface area contributed by atoms with E-state index in [1.807, 2.05) is 18.8 Å². The summed E-state index contributed by atoms with van der Waals surface area (Å²) in [5.74, 6) is -0.934. The van der Waals surface area contributed by atoms with Crippen LogP contribution in [0, 0.1) is 5.82 Å². The van der Waals surface area contributed by atoms with Crippen molar-refractivity contribution in [1.82, 2.24) is 14.9 Å². The average Bonchev–Trinajstić information content (AvgIpc) is 2.19. The Hall–Kier alpha value is -1.43. The number of rotatable bonds is 5. The van der Waals surface area contributed by atoms with Crippen LogP contribution >= 0.6 is 0 Å². The van der Waals surface area contributed by atoms with Gasteiger partial charge in [0.15, 0.2) is 0 Å². The highest BCUT2D eigenvalue weighted by Gasteiger charge is 2.03. The number of nitrogens with zero attached hydrogens (tertiary/aromatic N) is 1. The van der Waals surface area contributed by atoms with Gasteiger partial charge in [0.1, 0.15) is 0 Å². The maximum Gasteiger partial charge on any atom is 0.328 e. The maximum absolute atomic E-state index is 12.9. The summed E-state index contributed by atoms with van der Waals surface area (Å²) >= 11 is 0. The van der Waals surface area contributed by atoms with Crippen molar-refractivity contribution in [3.05, 3.63) is 32.9 Å². The second kappa shape index (κ2) is 5.60. The van der Waals surface area contributed by atoms with Crippen LogP contribution in [0.15, 0.2) is 15.8 Å². The Morgan fingerprint density at radius 3 is 2.81 bits per heavy atom. The molecule has 1 aromatic rings. The van der Waals surface area contributed by atoms with Crippen molar-refractivity contribution in [2.45, 2.75) is 32.9 Å². The Bertz CT molecular complexity index is 450. The quantitative estimate of drug-likeness (QED) is 0.702. The van der Waals surface area contributed by atoms with Crippen LogP contribution in [0.3, 0.4) is 0 Å². The van der Waals surface area contributed by atoms with Gasteiger partial charge in [-0.15, -0.1) is 0 Å². The third-order valence-corrected chi connectivity index (χ3v) is 2.10. The van der Waals surface area contributed by atoms with Gasteiger partial charge >= 0.3 is 5.69 Å². The Labute approximate surface area is 92.3 Å². The first kappa shape index (κ1) is 12.6. The Morgan fingerprint density at radius 1 is 1.50 bits per heavy atom. The number of aromatic nitrogens is 2. The van der Waals surface area contributed by atoms with Crippen molar-refractivity contribution in [3.63, 3.8) is 0 Å². The zero-order chi connectivity index (χ0) is 12.1. The first-order valence-corrected chi connectivity index (χ1v) is 5.23. The van der Waals surface area contributed by atoms with E-state index >= 15 is 0 Å². The molecular weight excluding hydrogens is 213 g/mol. The van der Waals surface area contributed by atoms with Gasteiger partial charge in [0.25, 0.3) is 5.56 Å². The molecule has 0 spiro atoms. The van der Waals surface area contributed by atoms with Crippen molar-refractivity contribution >= 4 is 0 Å². The monoisotopic (exact) mass is 229 g/mol. The van der Waals surface area contributed by atoms with E-state index in [0.29, 0.717) is 19.0 Å². The fourth-order valence-electron chi connectivity index (χ4n) is 1.29. The van der Waals surface area contributed by atoms with Crippen LogP contribution < -0.4 is 16.6 Å². The van der Waals surface area contributed by atoms with Crippen LogP contribution in [0.1, 0.15) is 20.3 Å². The topological polar surface area (TPSA) is 66.9 Å². The van der Waals surface area contributed by atoms with E-state index in [2.05, 4.69) is 5.32 Å². The summed E-state index contributed by atoms with van der Waals surface area (Å²) in [5.41, 5.74) is -1.54. The fraction of sp³-hybridized carbons (Fsp3) is 0.600. The number of H-pyrrole nitrogens is 1. The molecule has 0 unspecified atom stereocenters. The Kier molecular flexibility index (Phi) is 4.42. The Balaban J connectivity index is 2.58. The molecule has 0 saturated heterocycles. The predicted molar refractivity (Wildman–Crippen MR) is 59.0 cm³/mol. The van der Waals surface area contributed by atoms with E-state index in [9.17, 15) is 14.0 Å². The molecule has 0 amide bonds. The van der Waals surface area contributed by atoms with E-state index in [0.717, 1.165) is 12.7 Å². The van der Waals surface area contributed by atoms with Crippen LogP contribution in [0.4, 0.5) is 4.39 Å². The lowest BCUT2D eigenvalue weighted by Gasteiger charge is -2.08. The normalized spacial score (nSPS) is 11.0. The molecule has 0 fully saturated rings. The molecule has 0 aliphatic rings. The molecule has 16 heavy (non-hydrogen) atoms. The third kappa shape index (κ3) is 3.62. The molecule has 0 radical (unpaired) electrons. The van der Waals surface area contributed by atoms with Crippen LogP contribution in [0.5, 0.6) is 0 Å². The van der Waals surface area contributed by atoms with E-state index < -0.39 is 17.1 Å². The summed E-state index contributed by atoms with van der Waals surface area (Å²) < 4.78 is 14.0. The van der Waals surface area contributed by atoms with Gasteiger partial charge in [-0.25, -0.2) is 4.79 Å². The maximum atomic E-state index is 12.9. The van der Waals surface area contributed by atoms with E-state index in [4.69, 9.17) is 0 Å². The summed E-state index contributed by atoms with van der Waals surface area (Å²) in [5, 5.41) is 3.18. The first-order valence-electron chi connectivity index (χ1n) is 5.23. The lowest BCUT2D eigenvalue weighted by atomic mass is 10.3. The SMILES string of the molecule is CC(C)NCCCn1cc(F)c(=O)[nH]c1=O. The lowest BCUT2D eigenvalue weighted by molar-refractivity contribution is 0.505. The highest BCUT2D eigenvalue weighted by molar-refractivity contribution is 4.86. The van der Waals surface area contributed by atoms with Gasteiger partial charge in [0.05, 0.1) is 6.20 Å². The van der Waals surface area contributed by atoms with Crippen LogP contribution in [0.25, 0.3) is 0 Å². The largest absolute Gasteiger partial charge is 0.328 e. The summed E-state index contributed by atoms with van der Waals surface area (Å²) in [4.78, 5) is 23.9. The highest BCUT2D eigenvalue weighted by Crippen LogP contribution is 1.88. The smallest absolute Gasteiger partial charge is 0.314 e. The minimum atomic E-state index is -0.971. The molecule has 6 heteroatoms. The molecule has 0 bridgehead atoms. The zero-order valence-corrected chi connectivity index (χ0v) is 9.42. The van der Waals surface area contributed by atoms with Crippen molar-refractivity contribution in [2.24, 2.45) is 0 Å². The summed E-state index contributed by atoms with van der Waals surface area (Å²) in [6, 6.07) is 0.379. The van der Waals surface area contributed by atoms with E-state index in [-0.39, 0.29) is 0 Å². The predicted octanol–water partition coefficient (Wildman–Crippen LogP) is 0.0638. The van der Waals surface area contributed by atoms with Crippen molar-refractivity contribution in [2.75, 3.05) is 6.54 Å². The van der Waals surface area contributed by atoms with Gasteiger partial charge in [-0.3, -0.25) is 14.3 Å². The average molecular weight is 229 g/mol. The highest BCUT2D eigenvalue weighted by atomic mass is 19.1. The minimum absolute atomic E-state index is 0.379. The molecule has 0 saturated carbocycles. The molecule has 2 N–H and O–H groups in total. The molecule has 0 aliphatic carbocycles. The van der Waals surface area contributed by atoms with Crippen LogP contribution in [0.2, 0.25) is 0 Å². The standard InChI is InChI=1S/C10H16FN3O2/c1-7(2)12-4-3-5-14-6-8(11)9(15)13-10(14)16/h6-7,12H,3-5H2,1-2H3,(H,13,15,16). The lowest BCUT2D eigenvalue weighted by Crippen LogP contribution is -2.32. The molecule has 0 aromatic carbocycles. The first-order chi connectivity index (χ1) is 7.50. The van der Waals surface area contributed by atoms with E-state index in [1.165, 1.54) is 4.57 Å².